The van der Waals surface area contributed by atoms with Gasteiger partial charge in [0.1, 0.15) is 10.9 Å². The summed E-state index contributed by atoms with van der Waals surface area (Å²) in [6, 6.07) is 27.2. The molecule has 0 fully saturated rings. The maximum absolute atomic E-state index is 14.0. The number of unbranched alkanes of at least 4 members (excludes halogenated alkanes) is 3. The van der Waals surface area contributed by atoms with Gasteiger partial charge in [0.05, 0.1) is 10.5 Å². The number of ether oxygens (including phenoxy) is 1. The lowest BCUT2D eigenvalue weighted by molar-refractivity contribution is -0.0166. The standard InChI is InChI=1S/C30H36O4S/c1-3-4-5-15-22-28(35(32,33)27-20-13-8-14-21-27)30(2,24-23-25-16-9-6-10-17-25)34-29(31)26-18-11-7-12-19-26/h6-14,16-21,28H,3-5,15,22-24H2,1-2H3. The Morgan fingerprint density at radius 3 is 2.00 bits per heavy atom. The van der Waals surface area contributed by atoms with E-state index in [1.54, 1.807) is 61.5 Å². The Balaban J connectivity index is 1.99. The zero-order valence-corrected chi connectivity index (χ0v) is 21.5. The van der Waals surface area contributed by atoms with Crippen molar-refractivity contribution in [3.8, 4) is 0 Å². The van der Waals surface area contributed by atoms with E-state index in [-0.39, 0.29) is 4.90 Å². The third-order valence-electron chi connectivity index (χ3n) is 6.54. The molecule has 2 unspecified atom stereocenters. The van der Waals surface area contributed by atoms with E-state index < -0.39 is 26.7 Å². The van der Waals surface area contributed by atoms with Crippen LogP contribution in [0, 0.1) is 0 Å². The molecule has 3 aromatic rings. The summed E-state index contributed by atoms with van der Waals surface area (Å²) >= 11 is 0. The lowest BCUT2D eigenvalue weighted by Crippen LogP contribution is -2.48. The molecule has 2 atom stereocenters. The molecule has 0 aromatic heterocycles. The van der Waals surface area contributed by atoms with Crippen molar-refractivity contribution in [3.63, 3.8) is 0 Å². The van der Waals surface area contributed by atoms with Crippen LogP contribution in [0.15, 0.2) is 95.9 Å². The van der Waals surface area contributed by atoms with Crippen LogP contribution in [0.3, 0.4) is 0 Å². The smallest absolute Gasteiger partial charge is 0.338 e. The highest BCUT2D eigenvalue weighted by Gasteiger charge is 2.46. The molecule has 4 nitrogen and oxygen atoms in total. The van der Waals surface area contributed by atoms with Crippen LogP contribution in [-0.4, -0.2) is 25.2 Å². The SMILES string of the molecule is CCCCCCC(C(C)(CCc1ccccc1)OC(=O)c1ccccc1)S(=O)(=O)c1ccccc1. The second-order valence-corrected chi connectivity index (χ2v) is 11.4. The van der Waals surface area contributed by atoms with Crippen molar-refractivity contribution in [2.24, 2.45) is 0 Å². The molecule has 0 heterocycles. The molecule has 0 aliphatic carbocycles. The molecule has 0 saturated heterocycles. The number of benzene rings is 3. The summed E-state index contributed by atoms with van der Waals surface area (Å²) in [5.41, 5.74) is 0.292. The summed E-state index contributed by atoms with van der Waals surface area (Å²) < 4.78 is 34.1. The van der Waals surface area contributed by atoms with Crippen LogP contribution in [0.4, 0.5) is 0 Å². The van der Waals surface area contributed by atoms with Crippen molar-refractivity contribution in [3.05, 3.63) is 102 Å². The number of aryl methyl sites for hydroxylation is 1. The molecule has 0 radical (unpaired) electrons. The Hall–Kier alpha value is -2.92. The van der Waals surface area contributed by atoms with E-state index in [1.165, 1.54) is 0 Å². The highest BCUT2D eigenvalue weighted by atomic mass is 32.2. The average Bonchev–Trinajstić information content (AvgIpc) is 2.89. The summed E-state index contributed by atoms with van der Waals surface area (Å²) in [5.74, 6) is -0.497. The highest BCUT2D eigenvalue weighted by molar-refractivity contribution is 7.92. The fourth-order valence-electron chi connectivity index (χ4n) is 4.48. The van der Waals surface area contributed by atoms with Gasteiger partial charge in [-0.15, -0.1) is 0 Å². The van der Waals surface area contributed by atoms with E-state index in [9.17, 15) is 13.2 Å². The summed E-state index contributed by atoms with van der Waals surface area (Å²) in [6.45, 7) is 3.92. The number of esters is 1. The first kappa shape index (κ1) is 26.7. The van der Waals surface area contributed by atoms with Crippen LogP contribution in [-0.2, 0) is 21.0 Å². The van der Waals surface area contributed by atoms with Gasteiger partial charge in [-0.3, -0.25) is 0 Å². The molecule has 0 aliphatic rings. The van der Waals surface area contributed by atoms with E-state index in [4.69, 9.17) is 4.74 Å². The molecule has 3 aromatic carbocycles. The van der Waals surface area contributed by atoms with Gasteiger partial charge in [0.15, 0.2) is 9.84 Å². The van der Waals surface area contributed by atoms with Gasteiger partial charge in [-0.1, -0.05) is 99.3 Å². The van der Waals surface area contributed by atoms with Gasteiger partial charge in [-0.25, -0.2) is 13.2 Å². The molecule has 3 rings (SSSR count). The van der Waals surface area contributed by atoms with Crippen molar-refractivity contribution in [2.45, 2.75) is 74.5 Å². The van der Waals surface area contributed by atoms with Gasteiger partial charge in [0.25, 0.3) is 0 Å². The molecule has 0 aliphatic heterocycles. The van der Waals surface area contributed by atoms with E-state index in [0.29, 0.717) is 24.8 Å². The first-order chi connectivity index (χ1) is 16.9. The van der Waals surface area contributed by atoms with E-state index >= 15 is 0 Å². The van der Waals surface area contributed by atoms with Crippen molar-refractivity contribution >= 4 is 15.8 Å². The van der Waals surface area contributed by atoms with E-state index in [0.717, 1.165) is 31.2 Å². The number of sulfone groups is 1. The number of carbonyl (C=O) groups excluding carboxylic acids is 1. The van der Waals surface area contributed by atoms with Gasteiger partial charge >= 0.3 is 5.97 Å². The number of carbonyl (C=O) groups is 1. The largest absolute Gasteiger partial charge is 0.454 e. The Labute approximate surface area is 210 Å². The molecule has 0 amide bonds. The van der Waals surface area contributed by atoms with Crippen molar-refractivity contribution < 1.29 is 17.9 Å². The summed E-state index contributed by atoms with van der Waals surface area (Å²) in [6.07, 6.45) is 5.25. The molecule has 0 N–H and O–H groups in total. The first-order valence-electron chi connectivity index (χ1n) is 12.5. The predicted molar refractivity (Wildman–Crippen MR) is 141 cm³/mol. The maximum Gasteiger partial charge on any atom is 0.338 e. The van der Waals surface area contributed by atoms with E-state index in [2.05, 4.69) is 6.92 Å². The maximum atomic E-state index is 14.0. The Morgan fingerprint density at radius 1 is 0.829 bits per heavy atom. The molecule has 0 bridgehead atoms. The monoisotopic (exact) mass is 492 g/mol. The highest BCUT2D eigenvalue weighted by Crippen LogP contribution is 2.35. The lowest BCUT2D eigenvalue weighted by Gasteiger charge is -2.37. The van der Waals surface area contributed by atoms with E-state index in [1.807, 2.05) is 36.4 Å². The number of hydrogen-bond acceptors (Lipinski definition) is 4. The third kappa shape index (κ3) is 7.28. The number of hydrogen-bond donors (Lipinski definition) is 0. The lowest BCUT2D eigenvalue weighted by atomic mass is 9.90. The molecule has 35 heavy (non-hydrogen) atoms. The predicted octanol–water partition coefficient (Wildman–Crippen LogP) is 7.05. The normalized spacial score (nSPS) is 14.1. The van der Waals surface area contributed by atoms with Crippen molar-refractivity contribution in [2.75, 3.05) is 0 Å². The minimum absolute atomic E-state index is 0.266. The fraction of sp³-hybridized carbons (Fsp3) is 0.367. The zero-order chi connectivity index (χ0) is 25.2. The van der Waals surface area contributed by atoms with Gasteiger partial charge in [0, 0.05) is 0 Å². The van der Waals surface area contributed by atoms with Crippen LogP contribution in [0.2, 0.25) is 0 Å². The van der Waals surface area contributed by atoms with Crippen LogP contribution in [0.1, 0.15) is 68.3 Å². The zero-order valence-electron chi connectivity index (χ0n) is 20.7. The molecule has 186 valence electrons. The molecule has 0 saturated carbocycles. The van der Waals surface area contributed by atoms with Crippen molar-refractivity contribution in [1.29, 1.82) is 0 Å². The van der Waals surface area contributed by atoms with Gasteiger partial charge in [-0.05, 0) is 56.0 Å². The molecule has 0 spiro atoms. The molecular weight excluding hydrogens is 456 g/mol. The fourth-order valence-corrected chi connectivity index (χ4v) is 6.64. The first-order valence-corrected chi connectivity index (χ1v) is 14.0. The Kier molecular flexibility index (Phi) is 9.67. The quantitative estimate of drug-likeness (QED) is 0.189. The van der Waals surface area contributed by atoms with Gasteiger partial charge in [-0.2, -0.15) is 0 Å². The minimum atomic E-state index is -3.76. The summed E-state index contributed by atoms with van der Waals surface area (Å²) in [7, 11) is -3.76. The second-order valence-electron chi connectivity index (χ2n) is 9.25. The van der Waals surface area contributed by atoms with Crippen LogP contribution < -0.4 is 0 Å². The van der Waals surface area contributed by atoms with Crippen LogP contribution in [0.25, 0.3) is 0 Å². The van der Waals surface area contributed by atoms with Crippen LogP contribution >= 0.6 is 0 Å². The second kappa shape index (κ2) is 12.7. The number of rotatable bonds is 13. The average molecular weight is 493 g/mol. The van der Waals surface area contributed by atoms with Gasteiger partial charge in [0.2, 0.25) is 0 Å². The van der Waals surface area contributed by atoms with Crippen LogP contribution in [0.5, 0.6) is 0 Å². The summed E-state index contributed by atoms with van der Waals surface area (Å²) in [4.78, 5) is 13.5. The minimum Gasteiger partial charge on any atom is -0.454 e. The molecular formula is C30H36O4S. The van der Waals surface area contributed by atoms with Gasteiger partial charge < -0.3 is 4.74 Å². The molecule has 5 heteroatoms. The van der Waals surface area contributed by atoms with Crippen molar-refractivity contribution in [1.82, 2.24) is 0 Å². The third-order valence-corrected chi connectivity index (χ3v) is 8.95. The Bertz CT molecular complexity index is 1140. The topological polar surface area (TPSA) is 60.4 Å². The Morgan fingerprint density at radius 2 is 1.40 bits per heavy atom. The summed E-state index contributed by atoms with van der Waals surface area (Å²) in [5, 5.41) is -0.856.